The smallest absolute Gasteiger partial charge is 0.249 e. The van der Waals surface area contributed by atoms with Gasteiger partial charge in [0.15, 0.2) is 23.3 Å². The predicted octanol–water partition coefficient (Wildman–Crippen LogP) is 3.60. The van der Waals surface area contributed by atoms with Crippen LogP contribution in [0.4, 0.5) is 30.6 Å². The Hall–Kier alpha value is -3.16. The molecule has 0 amide bonds. The number of fused-ring (bicyclic) bond motifs is 1. The minimum Gasteiger partial charge on any atom is -0.350 e. The molecule has 0 unspecified atom stereocenters. The molecule has 4 rings (SSSR count). The molecule has 0 saturated heterocycles. The second-order valence-electron chi connectivity index (χ2n) is 5.93. The van der Waals surface area contributed by atoms with Crippen molar-refractivity contribution in [1.29, 1.82) is 0 Å². The summed E-state index contributed by atoms with van der Waals surface area (Å²) in [5.74, 6) is -3.56. The summed E-state index contributed by atoms with van der Waals surface area (Å²) in [5.41, 5.74) is 2.25. The SMILES string of the molecule is Fc1ccc(Nc2nncc(N3CCc4ccccc4C3)n2)c(F)c1F. The summed E-state index contributed by atoms with van der Waals surface area (Å²) in [7, 11) is 0. The van der Waals surface area contributed by atoms with Crippen LogP contribution in [0.15, 0.2) is 42.6 Å². The quantitative estimate of drug-likeness (QED) is 0.726. The number of aromatic nitrogens is 3. The molecule has 2 aromatic carbocycles. The van der Waals surface area contributed by atoms with Crippen molar-refractivity contribution in [3.63, 3.8) is 0 Å². The van der Waals surface area contributed by atoms with E-state index in [9.17, 15) is 13.2 Å². The van der Waals surface area contributed by atoms with Crippen molar-refractivity contribution >= 4 is 17.5 Å². The molecule has 0 atom stereocenters. The van der Waals surface area contributed by atoms with Gasteiger partial charge in [-0.2, -0.15) is 10.1 Å². The Balaban J connectivity index is 1.57. The Morgan fingerprint density at radius 1 is 0.962 bits per heavy atom. The highest BCUT2D eigenvalue weighted by Gasteiger charge is 2.19. The van der Waals surface area contributed by atoms with Crippen molar-refractivity contribution in [2.45, 2.75) is 13.0 Å². The van der Waals surface area contributed by atoms with Crippen LogP contribution in [0.2, 0.25) is 0 Å². The van der Waals surface area contributed by atoms with E-state index in [4.69, 9.17) is 0 Å². The van der Waals surface area contributed by atoms with Gasteiger partial charge in [0.1, 0.15) is 0 Å². The van der Waals surface area contributed by atoms with Crippen LogP contribution >= 0.6 is 0 Å². The van der Waals surface area contributed by atoms with E-state index in [1.807, 2.05) is 17.0 Å². The highest BCUT2D eigenvalue weighted by Crippen LogP contribution is 2.25. The Bertz CT molecular complexity index is 963. The van der Waals surface area contributed by atoms with Crippen molar-refractivity contribution in [3.8, 4) is 0 Å². The van der Waals surface area contributed by atoms with Gasteiger partial charge in [-0.25, -0.2) is 13.2 Å². The molecule has 0 aliphatic carbocycles. The highest BCUT2D eigenvalue weighted by molar-refractivity contribution is 5.55. The maximum Gasteiger partial charge on any atom is 0.249 e. The van der Waals surface area contributed by atoms with Gasteiger partial charge in [-0.1, -0.05) is 24.3 Å². The first-order valence-electron chi connectivity index (χ1n) is 8.04. The van der Waals surface area contributed by atoms with Gasteiger partial charge in [0.25, 0.3) is 0 Å². The third kappa shape index (κ3) is 3.05. The van der Waals surface area contributed by atoms with E-state index in [1.165, 1.54) is 17.3 Å². The fourth-order valence-corrected chi connectivity index (χ4v) is 2.93. The molecule has 1 N–H and O–H groups in total. The second-order valence-corrected chi connectivity index (χ2v) is 5.93. The summed E-state index contributed by atoms with van der Waals surface area (Å²) < 4.78 is 40.2. The van der Waals surface area contributed by atoms with Crippen LogP contribution in [0.5, 0.6) is 0 Å². The Kier molecular flexibility index (Phi) is 4.16. The Morgan fingerprint density at radius 2 is 1.77 bits per heavy atom. The van der Waals surface area contributed by atoms with Crippen molar-refractivity contribution in [1.82, 2.24) is 15.2 Å². The Labute approximate surface area is 147 Å². The average molecular weight is 357 g/mol. The number of hydrogen-bond donors (Lipinski definition) is 1. The molecule has 0 radical (unpaired) electrons. The molecule has 5 nitrogen and oxygen atoms in total. The van der Waals surface area contributed by atoms with E-state index < -0.39 is 17.5 Å². The summed E-state index contributed by atoms with van der Waals surface area (Å²) in [6, 6.07) is 10.1. The molecule has 1 aliphatic rings. The van der Waals surface area contributed by atoms with Crippen LogP contribution in [0.25, 0.3) is 0 Å². The van der Waals surface area contributed by atoms with E-state index in [0.29, 0.717) is 12.4 Å². The van der Waals surface area contributed by atoms with Crippen molar-refractivity contribution in [2.75, 3.05) is 16.8 Å². The lowest BCUT2D eigenvalue weighted by molar-refractivity contribution is 0.449. The zero-order valence-corrected chi connectivity index (χ0v) is 13.6. The third-order valence-corrected chi connectivity index (χ3v) is 4.28. The van der Waals surface area contributed by atoms with Crippen molar-refractivity contribution in [3.05, 3.63) is 71.2 Å². The number of nitrogens with zero attached hydrogens (tertiary/aromatic N) is 4. The molecular formula is C18H14F3N5. The van der Waals surface area contributed by atoms with E-state index in [-0.39, 0.29) is 11.6 Å². The zero-order chi connectivity index (χ0) is 18.1. The first kappa shape index (κ1) is 16.3. The fraction of sp³-hybridized carbons (Fsp3) is 0.167. The topological polar surface area (TPSA) is 53.9 Å². The summed E-state index contributed by atoms with van der Waals surface area (Å²) >= 11 is 0. The van der Waals surface area contributed by atoms with E-state index in [2.05, 4.69) is 32.6 Å². The lowest BCUT2D eigenvalue weighted by Gasteiger charge is -2.29. The van der Waals surface area contributed by atoms with Gasteiger partial charge >= 0.3 is 0 Å². The predicted molar refractivity (Wildman–Crippen MR) is 90.6 cm³/mol. The molecule has 8 heteroatoms. The molecule has 0 fully saturated rings. The van der Waals surface area contributed by atoms with Gasteiger partial charge in [0, 0.05) is 13.1 Å². The average Bonchev–Trinajstić information content (AvgIpc) is 2.68. The molecule has 1 aromatic heterocycles. The lowest BCUT2D eigenvalue weighted by atomic mass is 10.0. The lowest BCUT2D eigenvalue weighted by Crippen LogP contribution is -2.31. The minimum absolute atomic E-state index is 0.00580. The highest BCUT2D eigenvalue weighted by atomic mass is 19.2. The number of benzene rings is 2. The van der Waals surface area contributed by atoms with E-state index >= 15 is 0 Å². The molecular weight excluding hydrogens is 343 g/mol. The fourth-order valence-electron chi connectivity index (χ4n) is 2.93. The summed E-state index contributed by atoms with van der Waals surface area (Å²) in [4.78, 5) is 6.35. The van der Waals surface area contributed by atoms with Crippen LogP contribution in [-0.4, -0.2) is 21.7 Å². The third-order valence-electron chi connectivity index (χ3n) is 4.28. The van der Waals surface area contributed by atoms with Crippen molar-refractivity contribution in [2.24, 2.45) is 0 Å². The van der Waals surface area contributed by atoms with Crippen LogP contribution in [0, 0.1) is 17.5 Å². The van der Waals surface area contributed by atoms with Crippen molar-refractivity contribution < 1.29 is 13.2 Å². The zero-order valence-electron chi connectivity index (χ0n) is 13.6. The molecule has 0 bridgehead atoms. The van der Waals surface area contributed by atoms with Gasteiger partial charge in [0.2, 0.25) is 5.95 Å². The summed E-state index contributed by atoms with van der Waals surface area (Å²) in [5, 5.41) is 10.2. The maximum atomic E-state index is 13.8. The molecule has 2 heterocycles. The molecule has 26 heavy (non-hydrogen) atoms. The first-order valence-corrected chi connectivity index (χ1v) is 8.04. The second kappa shape index (κ2) is 6.62. The minimum atomic E-state index is -1.55. The molecule has 0 saturated carbocycles. The summed E-state index contributed by atoms with van der Waals surface area (Å²) in [6.07, 6.45) is 2.39. The number of nitrogens with one attached hydrogen (secondary N) is 1. The number of hydrogen-bond acceptors (Lipinski definition) is 5. The first-order chi connectivity index (χ1) is 12.6. The molecule has 3 aromatic rings. The van der Waals surface area contributed by atoms with Gasteiger partial charge < -0.3 is 10.2 Å². The van der Waals surface area contributed by atoms with Crippen LogP contribution in [0.3, 0.4) is 0 Å². The molecule has 1 aliphatic heterocycles. The van der Waals surface area contributed by atoms with Crippen LogP contribution in [-0.2, 0) is 13.0 Å². The number of anilines is 3. The summed E-state index contributed by atoms with van der Waals surface area (Å²) in [6.45, 7) is 1.43. The van der Waals surface area contributed by atoms with Gasteiger partial charge in [-0.05, 0) is 29.7 Å². The number of halogens is 3. The number of rotatable bonds is 3. The van der Waals surface area contributed by atoms with Gasteiger partial charge in [0.05, 0.1) is 11.9 Å². The Morgan fingerprint density at radius 3 is 2.62 bits per heavy atom. The normalized spacial score (nSPS) is 13.4. The molecule has 0 spiro atoms. The standard InChI is InChI=1S/C18H14F3N5/c19-13-5-6-14(17(21)16(13)20)23-18-24-15(9-22-25-18)26-8-7-11-3-1-2-4-12(11)10-26/h1-6,9H,7-8,10H2,(H,23,24,25). The van der Waals surface area contributed by atoms with E-state index in [1.54, 1.807) is 0 Å². The van der Waals surface area contributed by atoms with E-state index in [0.717, 1.165) is 25.1 Å². The molecule has 132 valence electrons. The largest absolute Gasteiger partial charge is 0.350 e. The monoisotopic (exact) mass is 357 g/mol. The van der Waals surface area contributed by atoms with Crippen LogP contribution in [0.1, 0.15) is 11.1 Å². The maximum absolute atomic E-state index is 13.8. The van der Waals surface area contributed by atoms with Gasteiger partial charge in [-0.3, -0.25) is 0 Å². The van der Waals surface area contributed by atoms with Crippen LogP contribution < -0.4 is 10.2 Å². The van der Waals surface area contributed by atoms with Gasteiger partial charge in [-0.15, -0.1) is 5.10 Å².